The Morgan fingerprint density at radius 1 is 0.698 bits per heavy atom. The summed E-state index contributed by atoms with van der Waals surface area (Å²) in [6.45, 7) is 4.71. The number of anilines is 1. The van der Waals surface area contributed by atoms with E-state index in [1.54, 1.807) is 0 Å². The van der Waals surface area contributed by atoms with Gasteiger partial charge in [-0.1, -0.05) is 117 Å². The molecule has 5 nitrogen and oxygen atoms in total. The summed E-state index contributed by atoms with van der Waals surface area (Å²) in [6, 6.07) is 41.1. The van der Waals surface area contributed by atoms with Crippen molar-refractivity contribution in [3.63, 3.8) is 0 Å². The van der Waals surface area contributed by atoms with Crippen molar-refractivity contribution in [2.45, 2.75) is 31.6 Å². The molecule has 2 unspecified atom stereocenters. The minimum atomic E-state index is -0.212. The molecule has 0 saturated carbocycles. The standard InChI is InChI=1S/C38H37N5/c1-38(2)32-21-13-11-20-30(32)35-34(38)29-23-24-40-25-31(29)28-19-12-14-22-33(28)43(35)42(4)37(27-17-9-6-10-18-27)41-36(39-3)26-15-7-5-8-16-26/h5-25,36-37,39,41H,1-4H3. The van der Waals surface area contributed by atoms with Gasteiger partial charge in [0.2, 0.25) is 0 Å². The van der Waals surface area contributed by atoms with Crippen molar-refractivity contribution in [2.75, 3.05) is 19.1 Å². The van der Waals surface area contributed by atoms with E-state index in [2.05, 4.69) is 162 Å². The average Bonchev–Trinajstić information content (AvgIpc) is 3.19. The molecule has 1 aromatic heterocycles. The normalized spacial score (nSPS) is 16.2. The van der Waals surface area contributed by atoms with Gasteiger partial charge in [-0.15, -0.1) is 0 Å². The molecule has 43 heavy (non-hydrogen) atoms. The van der Waals surface area contributed by atoms with Gasteiger partial charge in [0.05, 0.1) is 17.6 Å². The monoisotopic (exact) mass is 563 g/mol. The Morgan fingerprint density at radius 2 is 1.33 bits per heavy atom. The molecule has 1 aliphatic carbocycles. The minimum Gasteiger partial charge on any atom is -0.301 e. The molecule has 0 fully saturated rings. The third kappa shape index (κ3) is 4.48. The Kier molecular flexibility index (Phi) is 6.94. The minimum absolute atomic E-state index is 0.0711. The first-order chi connectivity index (χ1) is 21.0. The second-order valence-corrected chi connectivity index (χ2v) is 11.8. The van der Waals surface area contributed by atoms with Crippen molar-refractivity contribution in [1.29, 1.82) is 0 Å². The molecule has 2 heterocycles. The molecule has 0 radical (unpaired) electrons. The van der Waals surface area contributed by atoms with E-state index in [0.29, 0.717) is 0 Å². The van der Waals surface area contributed by atoms with Gasteiger partial charge in [0.1, 0.15) is 6.17 Å². The lowest BCUT2D eigenvalue weighted by molar-refractivity contribution is 0.184. The van der Waals surface area contributed by atoms with Gasteiger partial charge >= 0.3 is 0 Å². The van der Waals surface area contributed by atoms with Crippen LogP contribution in [0.15, 0.2) is 128 Å². The van der Waals surface area contributed by atoms with E-state index in [0.717, 1.165) is 11.3 Å². The molecule has 2 atom stereocenters. The van der Waals surface area contributed by atoms with Crippen LogP contribution in [0.25, 0.3) is 22.4 Å². The molecule has 5 aromatic rings. The largest absolute Gasteiger partial charge is 0.301 e. The SMILES string of the molecule is CNC(NC(c1ccccc1)N(C)N1C2=C(c3ccncc3-c3ccccc31)C(C)(C)c1ccccc12)c1ccccc1. The number of nitrogens with zero attached hydrogens (tertiary/aromatic N) is 3. The van der Waals surface area contributed by atoms with Crippen molar-refractivity contribution >= 4 is 17.0 Å². The molecule has 0 amide bonds. The Balaban J connectivity index is 1.47. The van der Waals surface area contributed by atoms with Crippen molar-refractivity contribution in [3.05, 3.63) is 155 Å². The zero-order valence-electron chi connectivity index (χ0n) is 25.1. The Hall–Kier alpha value is -4.55. The Morgan fingerprint density at radius 3 is 2.05 bits per heavy atom. The third-order valence-electron chi connectivity index (χ3n) is 8.99. The number of rotatable bonds is 7. The fourth-order valence-corrected chi connectivity index (χ4v) is 6.97. The summed E-state index contributed by atoms with van der Waals surface area (Å²) >= 11 is 0. The van der Waals surface area contributed by atoms with Crippen LogP contribution in [-0.2, 0) is 5.41 Å². The second kappa shape index (κ2) is 10.9. The summed E-state index contributed by atoms with van der Waals surface area (Å²) in [5.41, 5.74) is 11.9. The molecular weight excluding hydrogens is 526 g/mol. The van der Waals surface area contributed by atoms with Crippen LogP contribution in [0.3, 0.4) is 0 Å². The molecular formula is C38H37N5. The highest BCUT2D eigenvalue weighted by Crippen LogP contribution is 2.57. The smallest absolute Gasteiger partial charge is 0.105 e. The predicted octanol–water partition coefficient (Wildman–Crippen LogP) is 7.78. The lowest BCUT2D eigenvalue weighted by Gasteiger charge is -2.42. The fraction of sp³-hybridized carbons (Fsp3) is 0.184. The molecule has 214 valence electrons. The Labute approximate surface area is 254 Å². The molecule has 4 aromatic carbocycles. The van der Waals surface area contributed by atoms with Crippen LogP contribution in [0.4, 0.5) is 5.69 Å². The van der Waals surface area contributed by atoms with Crippen molar-refractivity contribution < 1.29 is 0 Å². The summed E-state index contributed by atoms with van der Waals surface area (Å²) in [5, 5.41) is 12.3. The maximum Gasteiger partial charge on any atom is 0.105 e. The summed E-state index contributed by atoms with van der Waals surface area (Å²) in [7, 11) is 4.21. The van der Waals surface area contributed by atoms with Crippen LogP contribution < -0.4 is 15.6 Å². The predicted molar refractivity (Wildman–Crippen MR) is 177 cm³/mol. The lowest BCUT2D eigenvalue weighted by atomic mass is 9.77. The summed E-state index contributed by atoms with van der Waals surface area (Å²) in [4.78, 5) is 4.61. The van der Waals surface area contributed by atoms with Gasteiger partial charge in [-0.2, -0.15) is 5.01 Å². The molecule has 2 N–H and O–H groups in total. The summed E-state index contributed by atoms with van der Waals surface area (Å²) < 4.78 is 0. The molecule has 1 aliphatic heterocycles. The van der Waals surface area contributed by atoms with Crippen LogP contribution in [-0.4, -0.2) is 24.1 Å². The first-order valence-electron chi connectivity index (χ1n) is 14.9. The van der Waals surface area contributed by atoms with Crippen LogP contribution >= 0.6 is 0 Å². The lowest BCUT2D eigenvalue weighted by Crippen LogP contribution is -2.49. The van der Waals surface area contributed by atoms with Crippen molar-refractivity contribution in [3.8, 4) is 11.1 Å². The average molecular weight is 564 g/mol. The topological polar surface area (TPSA) is 43.4 Å². The highest BCUT2D eigenvalue weighted by atomic mass is 15.7. The molecule has 0 saturated heterocycles. The van der Waals surface area contributed by atoms with Crippen LogP contribution in [0.5, 0.6) is 0 Å². The highest BCUT2D eigenvalue weighted by molar-refractivity contribution is 6.11. The van der Waals surface area contributed by atoms with Crippen LogP contribution in [0.1, 0.15) is 54.0 Å². The third-order valence-corrected chi connectivity index (χ3v) is 8.99. The van der Waals surface area contributed by atoms with Gasteiger partial charge in [-0.3, -0.25) is 15.3 Å². The number of nitrogens with one attached hydrogen (secondary N) is 2. The van der Waals surface area contributed by atoms with E-state index in [-0.39, 0.29) is 17.7 Å². The zero-order valence-corrected chi connectivity index (χ0v) is 25.1. The first kappa shape index (κ1) is 27.3. The molecule has 0 spiro atoms. The molecule has 7 rings (SSSR count). The maximum atomic E-state index is 4.61. The highest BCUT2D eigenvalue weighted by Gasteiger charge is 2.45. The van der Waals surface area contributed by atoms with Crippen LogP contribution in [0.2, 0.25) is 0 Å². The number of pyridine rings is 1. The number of hydrazine groups is 1. The number of hydrogen-bond donors (Lipinski definition) is 2. The number of benzene rings is 4. The molecule has 5 heteroatoms. The number of hydrogen-bond acceptors (Lipinski definition) is 5. The Bertz CT molecular complexity index is 1790. The number of para-hydroxylation sites is 1. The number of allylic oxidation sites excluding steroid dienone is 1. The quantitative estimate of drug-likeness (QED) is 0.198. The summed E-state index contributed by atoms with van der Waals surface area (Å²) in [5.74, 6) is 0. The van der Waals surface area contributed by atoms with E-state index in [1.807, 2.05) is 19.4 Å². The van der Waals surface area contributed by atoms with Gasteiger partial charge < -0.3 is 5.32 Å². The maximum absolute atomic E-state index is 4.61. The van der Waals surface area contributed by atoms with E-state index < -0.39 is 0 Å². The number of fused-ring (bicyclic) bond motifs is 6. The van der Waals surface area contributed by atoms with Gasteiger partial charge in [-0.25, -0.2) is 0 Å². The van der Waals surface area contributed by atoms with E-state index in [1.165, 1.54) is 44.7 Å². The van der Waals surface area contributed by atoms with Crippen LogP contribution in [0, 0.1) is 0 Å². The first-order valence-corrected chi connectivity index (χ1v) is 14.9. The fourth-order valence-electron chi connectivity index (χ4n) is 6.97. The van der Waals surface area contributed by atoms with Gasteiger partial charge in [-0.05, 0) is 47.0 Å². The van der Waals surface area contributed by atoms with E-state index in [4.69, 9.17) is 0 Å². The van der Waals surface area contributed by atoms with Crippen molar-refractivity contribution in [2.24, 2.45) is 0 Å². The molecule has 0 bridgehead atoms. The van der Waals surface area contributed by atoms with Gasteiger partial charge in [0.25, 0.3) is 0 Å². The van der Waals surface area contributed by atoms with E-state index in [9.17, 15) is 0 Å². The molecule has 2 aliphatic rings. The summed E-state index contributed by atoms with van der Waals surface area (Å²) in [6.07, 6.45) is 3.71. The second-order valence-electron chi connectivity index (χ2n) is 11.8. The van der Waals surface area contributed by atoms with E-state index >= 15 is 0 Å². The van der Waals surface area contributed by atoms with Crippen molar-refractivity contribution in [1.82, 2.24) is 20.6 Å². The van der Waals surface area contributed by atoms with Gasteiger partial charge in [0.15, 0.2) is 0 Å². The zero-order chi connectivity index (χ0) is 29.6. The number of aromatic nitrogens is 1. The van der Waals surface area contributed by atoms with Gasteiger partial charge in [0, 0.05) is 41.5 Å².